The molecule has 2 fully saturated rings. The lowest BCUT2D eigenvalue weighted by Gasteiger charge is -2.45. The number of halogens is 2. The zero-order chi connectivity index (χ0) is 35.9. The van der Waals surface area contributed by atoms with Gasteiger partial charge < -0.3 is 20.5 Å². The van der Waals surface area contributed by atoms with Crippen molar-refractivity contribution in [2.24, 2.45) is 5.92 Å². The highest BCUT2D eigenvalue weighted by Gasteiger charge is 2.37. The Morgan fingerprint density at radius 3 is 2.37 bits per heavy atom. The van der Waals surface area contributed by atoms with Gasteiger partial charge in [-0.1, -0.05) is 65.7 Å². The number of carbonyl (C=O) groups is 1. The van der Waals surface area contributed by atoms with E-state index in [1.54, 1.807) is 19.5 Å². The SMILES string of the molecule is COc1nc(-c2cccc(-c3cccc(-c4ccn5c(=O)c(CNC[C@H]6CCC(=O)N6)cnc5c4)c3Cl)c2Cl)ccc1CN1CC(C(C)(C)O)C1. The van der Waals surface area contributed by atoms with E-state index >= 15 is 0 Å². The Morgan fingerprint density at radius 1 is 0.980 bits per heavy atom. The molecule has 2 aliphatic rings. The minimum absolute atomic E-state index is 0.0631. The zero-order valence-corrected chi connectivity index (χ0v) is 30.3. The van der Waals surface area contributed by atoms with Crippen LogP contribution in [0.15, 0.2) is 77.9 Å². The fourth-order valence-electron chi connectivity index (χ4n) is 6.82. The number of carbonyl (C=O) groups excluding carboxylic acids is 1. The first-order chi connectivity index (χ1) is 24.5. The van der Waals surface area contributed by atoms with Crippen molar-refractivity contribution < 1.29 is 14.6 Å². The number of pyridine rings is 2. The summed E-state index contributed by atoms with van der Waals surface area (Å²) in [6.45, 7) is 6.98. The third-order valence-electron chi connectivity index (χ3n) is 9.93. The number of benzene rings is 2. The summed E-state index contributed by atoms with van der Waals surface area (Å²) in [6, 6.07) is 19.3. The Morgan fingerprint density at radius 2 is 1.69 bits per heavy atom. The maximum Gasteiger partial charge on any atom is 0.262 e. The number of fused-ring (bicyclic) bond motifs is 1. The lowest BCUT2D eigenvalue weighted by Crippen LogP contribution is -2.55. The molecule has 0 spiro atoms. The van der Waals surface area contributed by atoms with Gasteiger partial charge in [-0.2, -0.15) is 0 Å². The summed E-state index contributed by atoms with van der Waals surface area (Å²) in [5.41, 5.74) is 5.69. The molecule has 3 N–H and O–H groups in total. The summed E-state index contributed by atoms with van der Waals surface area (Å²) in [4.78, 5) is 36.4. The molecule has 0 unspecified atom stereocenters. The molecule has 3 aromatic heterocycles. The molecule has 5 heterocycles. The van der Waals surface area contributed by atoms with E-state index in [1.165, 1.54) is 4.40 Å². The average molecular weight is 728 g/mol. The summed E-state index contributed by atoms with van der Waals surface area (Å²) in [6.07, 6.45) is 4.64. The maximum absolute atomic E-state index is 13.3. The van der Waals surface area contributed by atoms with Crippen LogP contribution in [-0.4, -0.2) is 68.7 Å². The van der Waals surface area contributed by atoms with E-state index in [0.29, 0.717) is 58.9 Å². The molecule has 2 aromatic carbocycles. The summed E-state index contributed by atoms with van der Waals surface area (Å²) >= 11 is 14.2. The lowest BCUT2D eigenvalue weighted by atomic mass is 9.84. The molecule has 0 bridgehead atoms. The monoisotopic (exact) mass is 726 g/mol. The molecule has 0 radical (unpaired) electrons. The van der Waals surface area contributed by atoms with Crippen molar-refractivity contribution in [1.29, 1.82) is 0 Å². The molecule has 2 aliphatic heterocycles. The van der Waals surface area contributed by atoms with Crippen LogP contribution in [0.3, 0.4) is 0 Å². The van der Waals surface area contributed by atoms with E-state index in [4.69, 9.17) is 32.9 Å². The molecule has 0 saturated carbocycles. The van der Waals surface area contributed by atoms with Crippen LogP contribution in [0.1, 0.15) is 37.8 Å². The van der Waals surface area contributed by atoms with E-state index in [2.05, 4.69) is 20.5 Å². The third-order valence-corrected chi connectivity index (χ3v) is 10.7. The van der Waals surface area contributed by atoms with Crippen LogP contribution < -0.4 is 20.9 Å². The number of ether oxygens (including phenoxy) is 1. The fourth-order valence-corrected chi connectivity index (χ4v) is 7.48. The van der Waals surface area contributed by atoms with Crippen LogP contribution in [0, 0.1) is 5.92 Å². The lowest BCUT2D eigenvalue weighted by molar-refractivity contribution is -0.119. The number of aromatic nitrogens is 3. The van der Waals surface area contributed by atoms with Crippen LogP contribution in [0.25, 0.3) is 39.2 Å². The van der Waals surface area contributed by atoms with Crippen molar-refractivity contribution in [2.75, 3.05) is 26.7 Å². The molecule has 5 aromatic rings. The fraction of sp³-hybridized carbons (Fsp3) is 0.333. The second kappa shape index (κ2) is 14.4. The summed E-state index contributed by atoms with van der Waals surface area (Å²) in [5.74, 6) is 0.839. The molecule has 1 amide bonds. The maximum atomic E-state index is 13.3. The summed E-state index contributed by atoms with van der Waals surface area (Å²) < 4.78 is 7.23. The van der Waals surface area contributed by atoms with Gasteiger partial charge in [0.1, 0.15) is 5.65 Å². The first-order valence-corrected chi connectivity index (χ1v) is 17.8. The molecule has 10 nitrogen and oxygen atoms in total. The normalized spacial score (nSPS) is 16.7. The molecular weight excluding hydrogens is 687 g/mol. The number of nitrogens with one attached hydrogen (secondary N) is 2. The quantitative estimate of drug-likeness (QED) is 0.152. The highest BCUT2D eigenvalue weighted by atomic mass is 35.5. The van der Waals surface area contributed by atoms with E-state index in [1.807, 2.05) is 74.5 Å². The highest BCUT2D eigenvalue weighted by Crippen LogP contribution is 2.42. The third kappa shape index (κ3) is 7.24. The van der Waals surface area contributed by atoms with Gasteiger partial charge in [0.15, 0.2) is 0 Å². The van der Waals surface area contributed by atoms with Crippen LogP contribution >= 0.6 is 23.2 Å². The molecule has 51 heavy (non-hydrogen) atoms. The number of nitrogens with zero attached hydrogens (tertiary/aromatic N) is 4. The van der Waals surface area contributed by atoms with Crippen molar-refractivity contribution in [3.8, 4) is 39.4 Å². The van der Waals surface area contributed by atoms with E-state index < -0.39 is 5.60 Å². The van der Waals surface area contributed by atoms with E-state index in [0.717, 1.165) is 52.9 Å². The first-order valence-electron chi connectivity index (χ1n) is 17.1. The van der Waals surface area contributed by atoms with Gasteiger partial charge in [0.2, 0.25) is 11.8 Å². The first kappa shape index (κ1) is 35.1. The van der Waals surface area contributed by atoms with Gasteiger partial charge in [0, 0.05) is 96.9 Å². The Bertz CT molecular complexity index is 2180. The second-order valence-corrected chi connectivity index (χ2v) is 14.7. The minimum Gasteiger partial charge on any atom is -0.481 e. The summed E-state index contributed by atoms with van der Waals surface area (Å²) in [7, 11) is 1.62. The molecule has 1 atom stereocenters. The zero-order valence-electron chi connectivity index (χ0n) is 28.7. The van der Waals surface area contributed by atoms with Crippen molar-refractivity contribution >= 4 is 34.8 Å². The average Bonchev–Trinajstić information content (AvgIpc) is 3.51. The van der Waals surface area contributed by atoms with Gasteiger partial charge in [-0.05, 0) is 44.0 Å². The second-order valence-electron chi connectivity index (χ2n) is 13.9. The number of likely N-dealkylation sites (tertiary alicyclic amines) is 1. The van der Waals surface area contributed by atoms with Gasteiger partial charge >= 0.3 is 0 Å². The molecule has 7 rings (SSSR count). The molecule has 0 aliphatic carbocycles. The van der Waals surface area contributed by atoms with Gasteiger partial charge in [0.05, 0.1) is 28.5 Å². The Labute approximate surface area is 306 Å². The molecule has 264 valence electrons. The van der Waals surface area contributed by atoms with E-state index in [9.17, 15) is 14.7 Å². The minimum atomic E-state index is -0.693. The number of rotatable bonds is 11. The largest absolute Gasteiger partial charge is 0.481 e. The standard InChI is InChI=1S/C39H40Cl2N6O4/c1-39(2,50)26-21-46(22-26)20-24-10-12-32(45-37(24)51-3)31-9-5-8-30(36(31)41)29-7-4-6-28(35(29)40)23-14-15-47-33(16-23)43-18-25(38(47)49)17-42-19-27-11-13-34(48)44-27/h4-10,12,14-16,18,26-27,42,50H,11,13,17,19-22H2,1-3H3,(H,44,48)/t27-/m1/s1. The molecule has 12 heteroatoms. The predicted molar refractivity (Wildman–Crippen MR) is 200 cm³/mol. The summed E-state index contributed by atoms with van der Waals surface area (Å²) in [5, 5.41) is 17.5. The highest BCUT2D eigenvalue weighted by molar-refractivity contribution is 6.39. The van der Waals surface area contributed by atoms with Crippen LogP contribution in [0.2, 0.25) is 10.0 Å². The molecular formula is C39H40Cl2N6O4. The van der Waals surface area contributed by atoms with Crippen LogP contribution in [-0.2, 0) is 17.9 Å². The topological polar surface area (TPSA) is 121 Å². The molecule has 2 saturated heterocycles. The van der Waals surface area contributed by atoms with Gasteiger partial charge in [-0.15, -0.1) is 0 Å². The van der Waals surface area contributed by atoms with Crippen LogP contribution in [0.5, 0.6) is 5.88 Å². The number of methoxy groups -OCH3 is 1. The Balaban J connectivity index is 1.12. The van der Waals surface area contributed by atoms with Crippen molar-refractivity contribution in [3.63, 3.8) is 0 Å². The Kier molecular flexibility index (Phi) is 9.88. The Hall–Kier alpha value is -4.32. The van der Waals surface area contributed by atoms with Crippen molar-refractivity contribution in [3.05, 3.63) is 105 Å². The van der Waals surface area contributed by atoms with Crippen molar-refractivity contribution in [1.82, 2.24) is 29.9 Å². The van der Waals surface area contributed by atoms with Crippen molar-refractivity contribution in [2.45, 2.75) is 51.4 Å². The number of amides is 1. The smallest absolute Gasteiger partial charge is 0.262 e. The van der Waals surface area contributed by atoms with Gasteiger partial charge in [0.25, 0.3) is 5.56 Å². The number of aliphatic hydroxyl groups is 1. The number of hydrogen-bond donors (Lipinski definition) is 3. The van der Waals surface area contributed by atoms with Gasteiger partial charge in [-0.3, -0.25) is 18.9 Å². The number of hydrogen-bond acceptors (Lipinski definition) is 8. The van der Waals surface area contributed by atoms with E-state index in [-0.39, 0.29) is 23.4 Å². The van der Waals surface area contributed by atoms with Gasteiger partial charge in [-0.25, -0.2) is 9.97 Å². The predicted octanol–water partition coefficient (Wildman–Crippen LogP) is 5.98. The van der Waals surface area contributed by atoms with Crippen LogP contribution in [0.4, 0.5) is 0 Å².